The molecule has 2 atom stereocenters. The highest BCUT2D eigenvalue weighted by molar-refractivity contribution is 5.98. The summed E-state index contributed by atoms with van der Waals surface area (Å²) in [5.74, 6) is -3.58. The molecule has 0 unspecified atom stereocenters. The highest BCUT2D eigenvalue weighted by Crippen LogP contribution is 2.18. The van der Waals surface area contributed by atoms with Crippen molar-refractivity contribution in [3.63, 3.8) is 0 Å². The quantitative estimate of drug-likeness (QED) is 0.263. The number of carbonyl (C=O) groups excluding carboxylic acids is 2. The van der Waals surface area contributed by atoms with Crippen molar-refractivity contribution in [3.05, 3.63) is 106 Å². The molecule has 0 aliphatic carbocycles. The number of rotatable bonds is 11. The standard InChI is InChI=1S/C33H38F2N2O6/c1-6-21-8-7-9-22(12-21)18-37(32(42)43-33(3,4)5)19-29(38)28(15-23-13-26(34)17-27(35)14-23)36-30(39)24-10-20(2)11-25(16-24)31(40)41/h7-14,16-17,28-29,38H,6,15,18-19H2,1-5H3,(H,36,39)(H,40,41)/t28-,29-/m0/s1. The van der Waals surface area contributed by atoms with Gasteiger partial charge in [0.2, 0.25) is 0 Å². The first-order valence-corrected chi connectivity index (χ1v) is 14.0. The number of nitrogens with one attached hydrogen (secondary N) is 1. The Bertz CT molecular complexity index is 1450. The Balaban J connectivity index is 1.95. The van der Waals surface area contributed by atoms with Gasteiger partial charge in [0.05, 0.1) is 24.3 Å². The Hall–Kier alpha value is -4.31. The fourth-order valence-electron chi connectivity index (χ4n) is 4.61. The molecule has 0 saturated carbocycles. The molecule has 0 fully saturated rings. The van der Waals surface area contributed by atoms with E-state index in [0.29, 0.717) is 11.6 Å². The maximum Gasteiger partial charge on any atom is 0.410 e. The molecular weight excluding hydrogens is 558 g/mol. The number of amides is 2. The molecule has 43 heavy (non-hydrogen) atoms. The number of aromatic carboxylic acids is 1. The summed E-state index contributed by atoms with van der Waals surface area (Å²) in [4.78, 5) is 39.4. The predicted octanol–water partition coefficient (Wildman–Crippen LogP) is 5.67. The van der Waals surface area contributed by atoms with Gasteiger partial charge in [-0.3, -0.25) is 4.79 Å². The van der Waals surface area contributed by atoms with Crippen LogP contribution in [0, 0.1) is 18.6 Å². The summed E-state index contributed by atoms with van der Waals surface area (Å²) < 4.78 is 33.7. The van der Waals surface area contributed by atoms with Crippen LogP contribution < -0.4 is 5.32 Å². The van der Waals surface area contributed by atoms with E-state index in [4.69, 9.17) is 4.74 Å². The SMILES string of the molecule is CCc1cccc(CN(C[C@H](O)[C@H](Cc2cc(F)cc(F)c2)NC(=O)c2cc(C)cc(C(=O)O)c2)C(=O)OC(C)(C)C)c1. The van der Waals surface area contributed by atoms with E-state index in [9.17, 15) is 33.4 Å². The van der Waals surface area contributed by atoms with Gasteiger partial charge < -0.3 is 25.2 Å². The summed E-state index contributed by atoms with van der Waals surface area (Å²) in [5.41, 5.74) is 1.65. The zero-order valence-corrected chi connectivity index (χ0v) is 25.0. The number of hydrogen-bond donors (Lipinski definition) is 3. The minimum atomic E-state index is -1.42. The molecule has 3 N–H and O–H groups in total. The number of aryl methyl sites for hydroxylation is 2. The van der Waals surface area contributed by atoms with Gasteiger partial charge in [0, 0.05) is 18.2 Å². The minimum absolute atomic E-state index is 0.0281. The lowest BCUT2D eigenvalue weighted by atomic mass is 9.99. The van der Waals surface area contributed by atoms with Gasteiger partial charge in [0.1, 0.15) is 17.2 Å². The van der Waals surface area contributed by atoms with E-state index < -0.39 is 47.4 Å². The Labute approximate surface area is 250 Å². The smallest absolute Gasteiger partial charge is 0.410 e. The summed E-state index contributed by atoms with van der Waals surface area (Å²) in [6, 6.07) is 13.5. The first-order chi connectivity index (χ1) is 20.1. The molecular formula is C33H38F2N2O6. The van der Waals surface area contributed by atoms with Crippen LogP contribution in [0.1, 0.15) is 70.7 Å². The van der Waals surface area contributed by atoms with Gasteiger partial charge in [-0.15, -0.1) is 0 Å². The lowest BCUT2D eigenvalue weighted by Crippen LogP contribution is -2.51. The van der Waals surface area contributed by atoms with E-state index in [-0.39, 0.29) is 36.2 Å². The van der Waals surface area contributed by atoms with Gasteiger partial charge in [0.25, 0.3) is 5.91 Å². The van der Waals surface area contributed by atoms with Crippen LogP contribution >= 0.6 is 0 Å². The van der Waals surface area contributed by atoms with E-state index in [1.54, 1.807) is 27.7 Å². The van der Waals surface area contributed by atoms with Crippen LogP contribution in [0.25, 0.3) is 0 Å². The van der Waals surface area contributed by atoms with Gasteiger partial charge >= 0.3 is 12.1 Å². The molecule has 3 aromatic carbocycles. The first-order valence-electron chi connectivity index (χ1n) is 14.0. The van der Waals surface area contributed by atoms with Crippen LogP contribution in [0.4, 0.5) is 13.6 Å². The van der Waals surface area contributed by atoms with Crippen LogP contribution in [-0.2, 0) is 24.1 Å². The molecule has 10 heteroatoms. The van der Waals surface area contributed by atoms with E-state index in [1.165, 1.54) is 23.1 Å². The van der Waals surface area contributed by atoms with Crippen molar-refractivity contribution in [1.82, 2.24) is 10.2 Å². The number of aliphatic hydroxyl groups is 1. The van der Waals surface area contributed by atoms with E-state index >= 15 is 0 Å². The van der Waals surface area contributed by atoms with Gasteiger partial charge in [-0.25, -0.2) is 18.4 Å². The lowest BCUT2D eigenvalue weighted by molar-refractivity contribution is 0.00837. The molecule has 0 spiro atoms. The molecule has 0 radical (unpaired) electrons. The van der Waals surface area contributed by atoms with Gasteiger partial charge in [-0.1, -0.05) is 31.2 Å². The molecule has 0 saturated heterocycles. The summed E-state index contributed by atoms with van der Waals surface area (Å²) in [5, 5.41) is 23.6. The third-order valence-corrected chi connectivity index (χ3v) is 6.58. The number of benzene rings is 3. The fourth-order valence-corrected chi connectivity index (χ4v) is 4.61. The summed E-state index contributed by atoms with van der Waals surface area (Å²) >= 11 is 0. The topological polar surface area (TPSA) is 116 Å². The van der Waals surface area contributed by atoms with Crippen LogP contribution in [0.2, 0.25) is 0 Å². The average Bonchev–Trinajstić information content (AvgIpc) is 2.90. The number of carboxylic acids is 1. The largest absolute Gasteiger partial charge is 0.478 e. The van der Waals surface area contributed by atoms with E-state index in [1.807, 2.05) is 31.2 Å². The summed E-state index contributed by atoms with van der Waals surface area (Å²) in [7, 11) is 0. The molecule has 0 bridgehead atoms. The van der Waals surface area contributed by atoms with Crippen molar-refractivity contribution in [3.8, 4) is 0 Å². The number of carboxylic acid groups (broad SMARTS) is 1. The minimum Gasteiger partial charge on any atom is -0.478 e. The number of aliphatic hydroxyl groups excluding tert-OH is 1. The van der Waals surface area contributed by atoms with Crippen molar-refractivity contribution in [2.24, 2.45) is 0 Å². The normalized spacial score (nSPS) is 12.7. The maximum absolute atomic E-state index is 14.0. The Morgan fingerprint density at radius 1 is 0.930 bits per heavy atom. The average molecular weight is 597 g/mol. The van der Waals surface area contributed by atoms with Crippen molar-refractivity contribution in [2.45, 2.75) is 71.8 Å². The predicted molar refractivity (Wildman–Crippen MR) is 158 cm³/mol. The van der Waals surface area contributed by atoms with Crippen LogP contribution in [-0.4, -0.2) is 57.4 Å². The Kier molecular flexibility index (Phi) is 11.0. The molecule has 0 aliphatic heterocycles. The van der Waals surface area contributed by atoms with Gasteiger partial charge in [-0.05, 0) is 93.1 Å². The Morgan fingerprint density at radius 3 is 2.16 bits per heavy atom. The highest BCUT2D eigenvalue weighted by atomic mass is 19.1. The van der Waals surface area contributed by atoms with Crippen LogP contribution in [0.5, 0.6) is 0 Å². The van der Waals surface area contributed by atoms with Crippen molar-refractivity contribution in [2.75, 3.05) is 6.54 Å². The van der Waals surface area contributed by atoms with Crippen molar-refractivity contribution in [1.29, 1.82) is 0 Å². The molecule has 3 aromatic rings. The number of carbonyl (C=O) groups is 3. The number of halogens is 2. The second-order valence-electron chi connectivity index (χ2n) is 11.6. The van der Waals surface area contributed by atoms with E-state index in [0.717, 1.165) is 29.7 Å². The monoisotopic (exact) mass is 596 g/mol. The molecule has 2 amide bonds. The number of nitrogens with zero attached hydrogens (tertiary/aromatic N) is 1. The summed E-state index contributed by atoms with van der Waals surface area (Å²) in [6.07, 6.45) is -1.52. The van der Waals surface area contributed by atoms with Crippen molar-refractivity contribution < 1.29 is 38.1 Å². The maximum atomic E-state index is 14.0. The zero-order valence-electron chi connectivity index (χ0n) is 25.0. The molecule has 8 nitrogen and oxygen atoms in total. The molecule has 0 aromatic heterocycles. The summed E-state index contributed by atoms with van der Waals surface area (Å²) in [6.45, 7) is 8.59. The number of ether oxygens (including phenoxy) is 1. The van der Waals surface area contributed by atoms with Gasteiger partial charge in [0.15, 0.2) is 0 Å². The second kappa shape index (κ2) is 14.2. The third kappa shape index (κ3) is 10.2. The van der Waals surface area contributed by atoms with Gasteiger partial charge in [-0.2, -0.15) is 0 Å². The van der Waals surface area contributed by atoms with Crippen molar-refractivity contribution >= 4 is 18.0 Å². The highest BCUT2D eigenvalue weighted by Gasteiger charge is 2.30. The molecule has 0 heterocycles. The second-order valence-corrected chi connectivity index (χ2v) is 11.6. The van der Waals surface area contributed by atoms with E-state index in [2.05, 4.69) is 5.32 Å². The molecule has 230 valence electrons. The van der Waals surface area contributed by atoms with Crippen LogP contribution in [0.3, 0.4) is 0 Å². The lowest BCUT2D eigenvalue weighted by Gasteiger charge is -2.32. The van der Waals surface area contributed by atoms with Crippen LogP contribution in [0.15, 0.2) is 60.7 Å². The zero-order chi connectivity index (χ0) is 31.9. The molecule has 3 rings (SSSR count). The Morgan fingerprint density at radius 2 is 1.56 bits per heavy atom. The number of hydrogen-bond acceptors (Lipinski definition) is 5. The third-order valence-electron chi connectivity index (χ3n) is 6.58. The molecule has 0 aliphatic rings. The fraction of sp³-hybridized carbons (Fsp3) is 0.364. The first kappa shape index (κ1) is 33.2.